The molecule has 0 aliphatic heterocycles. The zero-order valence-corrected chi connectivity index (χ0v) is 15.2. The molecule has 1 aromatic heterocycles. The van der Waals surface area contributed by atoms with Crippen LogP contribution < -0.4 is 5.32 Å². The number of hydrogen-bond donors (Lipinski definition) is 1. The number of nitrogens with one attached hydrogen (secondary N) is 1. The first-order chi connectivity index (χ1) is 13.3. The number of fused-ring (bicyclic) bond motifs is 2. The average Bonchev–Trinajstić information content (AvgIpc) is 3.44. The smallest absolute Gasteiger partial charge is 0.228 e. The van der Waals surface area contributed by atoms with Crippen LogP contribution in [0.3, 0.4) is 0 Å². The van der Waals surface area contributed by atoms with Crippen molar-refractivity contribution in [1.82, 2.24) is 4.57 Å². The molecule has 0 atom stereocenters. The largest absolute Gasteiger partial charge is 0.347 e. The summed E-state index contributed by atoms with van der Waals surface area (Å²) in [6.07, 6.45) is 5.21. The topological polar surface area (TPSA) is 34.0 Å². The molecule has 0 spiro atoms. The number of amides is 1. The SMILES string of the molecule is O=C(Cc1cn(CC2CC2)c2ccccc12)Nc1ccc2ccccc2c1. The maximum Gasteiger partial charge on any atom is 0.228 e. The monoisotopic (exact) mass is 354 g/mol. The van der Waals surface area contributed by atoms with Crippen LogP contribution in [-0.4, -0.2) is 10.5 Å². The zero-order chi connectivity index (χ0) is 18.2. The number of nitrogens with zero attached hydrogens (tertiary/aromatic N) is 1. The van der Waals surface area contributed by atoms with Crippen molar-refractivity contribution < 1.29 is 4.79 Å². The molecular formula is C24H22N2O. The lowest BCUT2D eigenvalue weighted by Crippen LogP contribution is -2.14. The van der Waals surface area contributed by atoms with Crippen molar-refractivity contribution in [3.63, 3.8) is 0 Å². The fraction of sp³-hybridized carbons (Fsp3) is 0.208. The standard InChI is InChI=1S/C24H22N2O/c27-24(25-21-12-11-18-5-1-2-6-19(18)13-21)14-20-16-26(15-17-9-10-17)23-8-4-3-7-22(20)23/h1-8,11-13,16-17H,9-10,14-15H2,(H,25,27). The molecule has 134 valence electrons. The number of carbonyl (C=O) groups excluding carboxylic acids is 1. The van der Waals surface area contributed by atoms with E-state index in [1.165, 1.54) is 29.1 Å². The zero-order valence-electron chi connectivity index (χ0n) is 15.2. The summed E-state index contributed by atoms with van der Waals surface area (Å²) in [4.78, 5) is 12.7. The molecule has 1 fully saturated rings. The van der Waals surface area contributed by atoms with E-state index in [2.05, 4.69) is 52.5 Å². The van der Waals surface area contributed by atoms with Gasteiger partial charge >= 0.3 is 0 Å². The van der Waals surface area contributed by atoms with Gasteiger partial charge in [-0.25, -0.2) is 0 Å². The molecule has 1 N–H and O–H groups in total. The van der Waals surface area contributed by atoms with E-state index in [-0.39, 0.29) is 5.91 Å². The molecule has 1 aliphatic rings. The summed E-state index contributed by atoms with van der Waals surface area (Å²) < 4.78 is 2.33. The number of anilines is 1. The fourth-order valence-corrected chi connectivity index (χ4v) is 3.84. The third-order valence-corrected chi connectivity index (χ3v) is 5.41. The van der Waals surface area contributed by atoms with E-state index in [1.54, 1.807) is 0 Å². The summed E-state index contributed by atoms with van der Waals surface area (Å²) in [5.74, 6) is 0.833. The predicted octanol–water partition coefficient (Wildman–Crippen LogP) is 5.39. The Balaban J connectivity index is 1.38. The molecule has 0 radical (unpaired) electrons. The minimum atomic E-state index is 0.0274. The second-order valence-electron chi connectivity index (χ2n) is 7.55. The number of para-hydroxylation sites is 1. The molecule has 5 rings (SSSR count). The van der Waals surface area contributed by atoms with Crippen LogP contribution in [0.2, 0.25) is 0 Å². The lowest BCUT2D eigenvalue weighted by Gasteiger charge is -2.06. The van der Waals surface area contributed by atoms with Crippen LogP contribution in [0, 0.1) is 5.92 Å². The van der Waals surface area contributed by atoms with Gasteiger partial charge in [0.1, 0.15) is 0 Å². The van der Waals surface area contributed by atoms with Crippen LogP contribution in [0.1, 0.15) is 18.4 Å². The van der Waals surface area contributed by atoms with Gasteiger partial charge in [-0.2, -0.15) is 0 Å². The maximum absolute atomic E-state index is 12.7. The van der Waals surface area contributed by atoms with E-state index in [4.69, 9.17) is 0 Å². The highest BCUT2D eigenvalue weighted by Gasteiger charge is 2.23. The van der Waals surface area contributed by atoms with Crippen molar-refractivity contribution in [3.05, 3.63) is 78.5 Å². The molecular weight excluding hydrogens is 332 g/mol. The molecule has 4 aromatic rings. The number of aromatic nitrogens is 1. The minimum Gasteiger partial charge on any atom is -0.347 e. The van der Waals surface area contributed by atoms with Crippen molar-refractivity contribution in [3.8, 4) is 0 Å². The summed E-state index contributed by atoms with van der Waals surface area (Å²) >= 11 is 0. The number of hydrogen-bond acceptors (Lipinski definition) is 1. The summed E-state index contributed by atoms with van der Waals surface area (Å²) in [6, 6.07) is 22.6. The van der Waals surface area contributed by atoms with E-state index in [9.17, 15) is 4.79 Å². The Bertz CT molecular complexity index is 1140. The Morgan fingerprint density at radius 1 is 0.963 bits per heavy atom. The van der Waals surface area contributed by atoms with Gasteiger partial charge in [-0.15, -0.1) is 0 Å². The lowest BCUT2D eigenvalue weighted by molar-refractivity contribution is -0.115. The van der Waals surface area contributed by atoms with E-state index in [0.717, 1.165) is 29.1 Å². The van der Waals surface area contributed by atoms with Crippen molar-refractivity contribution in [2.45, 2.75) is 25.8 Å². The van der Waals surface area contributed by atoms with Gasteiger partial charge in [0, 0.05) is 29.3 Å². The first kappa shape index (κ1) is 16.1. The highest BCUT2D eigenvalue weighted by molar-refractivity contribution is 5.97. The minimum absolute atomic E-state index is 0.0274. The lowest BCUT2D eigenvalue weighted by atomic mass is 10.1. The molecule has 0 unspecified atom stereocenters. The highest BCUT2D eigenvalue weighted by atomic mass is 16.1. The Morgan fingerprint density at radius 3 is 2.59 bits per heavy atom. The van der Waals surface area contributed by atoms with Gasteiger partial charge in [-0.3, -0.25) is 4.79 Å². The molecule has 3 heteroatoms. The van der Waals surface area contributed by atoms with Gasteiger partial charge in [-0.1, -0.05) is 48.5 Å². The predicted molar refractivity (Wildman–Crippen MR) is 111 cm³/mol. The Kier molecular flexibility index (Phi) is 3.93. The van der Waals surface area contributed by atoms with Crippen LogP contribution in [-0.2, 0) is 17.8 Å². The Morgan fingerprint density at radius 2 is 1.74 bits per heavy atom. The first-order valence-corrected chi connectivity index (χ1v) is 9.62. The molecule has 1 heterocycles. The van der Waals surface area contributed by atoms with E-state index in [0.29, 0.717) is 6.42 Å². The van der Waals surface area contributed by atoms with Crippen molar-refractivity contribution in [1.29, 1.82) is 0 Å². The van der Waals surface area contributed by atoms with Crippen LogP contribution in [0.4, 0.5) is 5.69 Å². The summed E-state index contributed by atoms with van der Waals surface area (Å²) in [7, 11) is 0. The summed E-state index contributed by atoms with van der Waals surface area (Å²) in [5, 5.41) is 6.56. The van der Waals surface area contributed by atoms with Gasteiger partial charge in [-0.05, 0) is 53.3 Å². The van der Waals surface area contributed by atoms with Crippen LogP contribution in [0.25, 0.3) is 21.7 Å². The Hall–Kier alpha value is -3.07. The van der Waals surface area contributed by atoms with E-state index < -0.39 is 0 Å². The van der Waals surface area contributed by atoms with Crippen LogP contribution in [0.15, 0.2) is 72.9 Å². The normalized spacial score (nSPS) is 13.9. The molecule has 1 aliphatic carbocycles. The second kappa shape index (κ2) is 6.58. The quantitative estimate of drug-likeness (QED) is 0.512. The van der Waals surface area contributed by atoms with Gasteiger partial charge in [0.2, 0.25) is 5.91 Å². The first-order valence-electron chi connectivity index (χ1n) is 9.62. The third-order valence-electron chi connectivity index (χ3n) is 5.41. The second-order valence-corrected chi connectivity index (χ2v) is 7.55. The van der Waals surface area contributed by atoms with Gasteiger partial charge in [0.15, 0.2) is 0 Å². The number of benzene rings is 3. The van der Waals surface area contributed by atoms with Gasteiger partial charge < -0.3 is 9.88 Å². The van der Waals surface area contributed by atoms with Gasteiger partial charge in [0.25, 0.3) is 0 Å². The van der Waals surface area contributed by atoms with Crippen molar-refractivity contribution in [2.75, 3.05) is 5.32 Å². The van der Waals surface area contributed by atoms with Crippen LogP contribution in [0.5, 0.6) is 0 Å². The van der Waals surface area contributed by atoms with Crippen molar-refractivity contribution >= 4 is 33.3 Å². The van der Waals surface area contributed by atoms with E-state index >= 15 is 0 Å². The molecule has 27 heavy (non-hydrogen) atoms. The maximum atomic E-state index is 12.7. The summed E-state index contributed by atoms with van der Waals surface area (Å²) in [5.41, 5.74) is 3.18. The molecule has 1 amide bonds. The molecule has 0 bridgehead atoms. The molecule has 0 saturated heterocycles. The molecule has 3 nitrogen and oxygen atoms in total. The van der Waals surface area contributed by atoms with E-state index in [1.807, 2.05) is 30.3 Å². The third kappa shape index (κ3) is 3.33. The number of carbonyl (C=O) groups is 1. The number of rotatable bonds is 5. The Labute approximate surface area is 158 Å². The molecule has 1 saturated carbocycles. The summed E-state index contributed by atoms with van der Waals surface area (Å²) in [6.45, 7) is 1.06. The molecule has 3 aromatic carbocycles. The van der Waals surface area contributed by atoms with Gasteiger partial charge in [0.05, 0.1) is 6.42 Å². The average molecular weight is 354 g/mol. The van der Waals surface area contributed by atoms with Crippen LogP contribution >= 0.6 is 0 Å². The van der Waals surface area contributed by atoms with Crippen molar-refractivity contribution in [2.24, 2.45) is 5.92 Å². The fourth-order valence-electron chi connectivity index (χ4n) is 3.84. The highest BCUT2D eigenvalue weighted by Crippen LogP contribution is 2.33.